The second-order valence-electron chi connectivity index (χ2n) is 8.18. The second-order valence-corrected chi connectivity index (χ2v) is 9.93. The van der Waals surface area contributed by atoms with E-state index in [4.69, 9.17) is 4.74 Å². The number of nitrogens with one attached hydrogen (secondary N) is 1. The summed E-state index contributed by atoms with van der Waals surface area (Å²) in [6.45, 7) is 4.14. The number of rotatable bonds is 8. The van der Waals surface area contributed by atoms with Gasteiger partial charge in [-0.05, 0) is 74.8 Å². The Morgan fingerprint density at radius 2 is 1.81 bits per heavy atom. The number of nitrogens with zero attached hydrogens (tertiary/aromatic N) is 3. The van der Waals surface area contributed by atoms with E-state index in [0.717, 1.165) is 30.5 Å². The number of benzene rings is 2. The first-order chi connectivity index (χ1) is 15.3. The fourth-order valence-electron chi connectivity index (χ4n) is 3.99. The first-order valence-corrected chi connectivity index (χ1v) is 12.6. The van der Waals surface area contributed by atoms with Crippen molar-refractivity contribution in [3.8, 4) is 17.1 Å². The van der Waals surface area contributed by atoms with E-state index in [0.29, 0.717) is 29.0 Å². The van der Waals surface area contributed by atoms with Crippen molar-refractivity contribution in [3.05, 3.63) is 52.8 Å². The molecule has 2 heterocycles. The van der Waals surface area contributed by atoms with Gasteiger partial charge in [0.05, 0.1) is 23.8 Å². The molecule has 0 bridgehead atoms. The molecule has 1 saturated heterocycles. The molecule has 0 atom stereocenters. The first-order valence-electron chi connectivity index (χ1n) is 10.7. The van der Waals surface area contributed by atoms with Crippen molar-refractivity contribution in [2.45, 2.75) is 19.3 Å². The number of fused-ring (bicyclic) bond motifs is 1. The fourth-order valence-corrected chi connectivity index (χ4v) is 4.55. The lowest BCUT2D eigenvalue weighted by Gasteiger charge is -2.14. The van der Waals surface area contributed by atoms with Crippen LogP contribution in [0.5, 0.6) is 5.75 Å². The van der Waals surface area contributed by atoms with Crippen LogP contribution < -0.4 is 15.0 Å². The molecule has 0 saturated carbocycles. The Bertz CT molecular complexity index is 1260. The zero-order chi connectivity index (χ0) is 22.7. The van der Waals surface area contributed by atoms with E-state index in [-0.39, 0.29) is 5.56 Å². The van der Waals surface area contributed by atoms with Gasteiger partial charge in [0.2, 0.25) is 10.0 Å². The molecule has 0 aliphatic carbocycles. The van der Waals surface area contributed by atoms with Gasteiger partial charge in [-0.2, -0.15) is 0 Å². The number of sulfonamides is 1. The highest BCUT2D eigenvalue weighted by molar-refractivity contribution is 7.92. The zero-order valence-corrected chi connectivity index (χ0v) is 19.2. The molecule has 8 nitrogen and oxygen atoms in total. The van der Waals surface area contributed by atoms with Crippen LogP contribution in [0.4, 0.5) is 5.69 Å². The Hall–Kier alpha value is -2.91. The quantitative estimate of drug-likeness (QED) is 0.524. The van der Waals surface area contributed by atoms with Crippen LogP contribution >= 0.6 is 0 Å². The summed E-state index contributed by atoms with van der Waals surface area (Å²) in [5.41, 5.74) is 1.39. The number of hydrogen-bond donors (Lipinski definition) is 1. The maximum atomic E-state index is 12.9. The summed E-state index contributed by atoms with van der Waals surface area (Å²) < 4.78 is 32.7. The van der Waals surface area contributed by atoms with Crippen molar-refractivity contribution in [2.24, 2.45) is 7.05 Å². The molecule has 4 rings (SSSR count). The van der Waals surface area contributed by atoms with Crippen molar-refractivity contribution >= 4 is 26.6 Å². The van der Waals surface area contributed by atoms with Gasteiger partial charge in [-0.25, -0.2) is 13.4 Å². The summed E-state index contributed by atoms with van der Waals surface area (Å²) in [5.74, 6) is 1.32. The van der Waals surface area contributed by atoms with E-state index in [1.165, 1.54) is 36.6 Å². The fraction of sp³-hybridized carbons (Fsp3) is 0.391. The lowest BCUT2D eigenvalue weighted by atomic mass is 10.1. The van der Waals surface area contributed by atoms with Gasteiger partial charge >= 0.3 is 0 Å². The van der Waals surface area contributed by atoms with Gasteiger partial charge < -0.3 is 9.64 Å². The smallest absolute Gasteiger partial charge is 0.261 e. The molecule has 1 aromatic heterocycles. The number of aromatic nitrogens is 2. The third-order valence-corrected chi connectivity index (χ3v) is 6.18. The van der Waals surface area contributed by atoms with Crippen molar-refractivity contribution in [3.63, 3.8) is 0 Å². The molecule has 1 N–H and O–H groups in total. The molecule has 32 heavy (non-hydrogen) atoms. The molecular formula is C23H28N4O4S. The summed E-state index contributed by atoms with van der Waals surface area (Å²) in [7, 11) is -1.77. The SMILES string of the molecule is Cn1c(-c2ccc(OCCCN3CCCC3)cc2)nc2ccc(NS(C)(=O)=O)cc2c1=O. The minimum atomic E-state index is -3.43. The van der Waals surface area contributed by atoms with E-state index in [1.807, 2.05) is 24.3 Å². The lowest BCUT2D eigenvalue weighted by molar-refractivity contribution is 0.263. The number of ether oxygens (including phenoxy) is 1. The van der Waals surface area contributed by atoms with Crippen LogP contribution in [0, 0.1) is 0 Å². The normalized spacial score (nSPS) is 14.7. The average molecular weight is 457 g/mol. The van der Waals surface area contributed by atoms with Gasteiger partial charge in [0.1, 0.15) is 11.6 Å². The Kier molecular flexibility index (Phi) is 6.48. The van der Waals surface area contributed by atoms with Crippen molar-refractivity contribution in [1.29, 1.82) is 0 Å². The largest absolute Gasteiger partial charge is 0.494 e. The van der Waals surface area contributed by atoms with Crippen LogP contribution in [0.2, 0.25) is 0 Å². The molecule has 1 aliphatic heterocycles. The van der Waals surface area contributed by atoms with Gasteiger partial charge in [0.15, 0.2) is 0 Å². The van der Waals surface area contributed by atoms with E-state index >= 15 is 0 Å². The molecule has 0 radical (unpaired) electrons. The van der Waals surface area contributed by atoms with Crippen molar-refractivity contribution in [2.75, 3.05) is 37.2 Å². The molecule has 0 amide bonds. The van der Waals surface area contributed by atoms with E-state index in [2.05, 4.69) is 14.6 Å². The van der Waals surface area contributed by atoms with Crippen LogP contribution in [-0.4, -0.2) is 55.4 Å². The van der Waals surface area contributed by atoms with E-state index in [9.17, 15) is 13.2 Å². The maximum absolute atomic E-state index is 12.9. The Balaban J connectivity index is 1.49. The molecular weight excluding hydrogens is 428 g/mol. The number of anilines is 1. The Labute approximate surface area is 187 Å². The number of likely N-dealkylation sites (tertiary alicyclic amines) is 1. The summed E-state index contributed by atoms with van der Waals surface area (Å²) in [6.07, 6.45) is 4.66. The summed E-state index contributed by atoms with van der Waals surface area (Å²) >= 11 is 0. The molecule has 1 fully saturated rings. The van der Waals surface area contributed by atoms with Gasteiger partial charge in [0.25, 0.3) is 5.56 Å². The van der Waals surface area contributed by atoms with Crippen LogP contribution in [0.1, 0.15) is 19.3 Å². The van der Waals surface area contributed by atoms with Crippen LogP contribution in [0.15, 0.2) is 47.3 Å². The topological polar surface area (TPSA) is 93.5 Å². The highest BCUT2D eigenvalue weighted by Crippen LogP contribution is 2.23. The Morgan fingerprint density at radius 1 is 1.09 bits per heavy atom. The monoisotopic (exact) mass is 456 g/mol. The predicted molar refractivity (Wildman–Crippen MR) is 127 cm³/mol. The zero-order valence-electron chi connectivity index (χ0n) is 18.4. The minimum Gasteiger partial charge on any atom is -0.494 e. The predicted octanol–water partition coefficient (Wildman–Crippen LogP) is 2.84. The highest BCUT2D eigenvalue weighted by atomic mass is 32.2. The van der Waals surface area contributed by atoms with Gasteiger partial charge in [-0.3, -0.25) is 14.1 Å². The van der Waals surface area contributed by atoms with E-state index < -0.39 is 10.0 Å². The molecule has 0 unspecified atom stereocenters. The molecule has 1 aliphatic rings. The highest BCUT2D eigenvalue weighted by Gasteiger charge is 2.13. The third kappa shape index (κ3) is 5.28. The Morgan fingerprint density at radius 3 is 2.50 bits per heavy atom. The summed E-state index contributed by atoms with van der Waals surface area (Å²) in [6, 6.07) is 12.3. The van der Waals surface area contributed by atoms with Gasteiger partial charge in [-0.1, -0.05) is 0 Å². The minimum absolute atomic E-state index is 0.246. The molecule has 170 valence electrons. The van der Waals surface area contributed by atoms with Crippen molar-refractivity contribution < 1.29 is 13.2 Å². The standard InChI is InChI=1S/C23H28N4O4S/c1-26-22(24-21-11-8-18(25-32(2,29)30)16-20(21)23(26)28)17-6-9-19(10-7-17)31-15-5-14-27-12-3-4-13-27/h6-11,16,25H,3-5,12-15H2,1-2H3. The van der Waals surface area contributed by atoms with Crippen molar-refractivity contribution in [1.82, 2.24) is 14.5 Å². The van der Waals surface area contributed by atoms with Crippen LogP contribution in [0.3, 0.4) is 0 Å². The van der Waals surface area contributed by atoms with E-state index in [1.54, 1.807) is 19.2 Å². The van der Waals surface area contributed by atoms with Gasteiger partial charge in [-0.15, -0.1) is 0 Å². The molecule has 2 aromatic carbocycles. The third-order valence-electron chi connectivity index (χ3n) is 5.58. The molecule has 3 aromatic rings. The van der Waals surface area contributed by atoms with Crippen LogP contribution in [0.25, 0.3) is 22.3 Å². The summed E-state index contributed by atoms with van der Waals surface area (Å²) in [4.78, 5) is 20.0. The maximum Gasteiger partial charge on any atom is 0.261 e. The average Bonchev–Trinajstić information content (AvgIpc) is 3.27. The first kappa shape index (κ1) is 22.3. The summed E-state index contributed by atoms with van der Waals surface area (Å²) in [5, 5.41) is 0.350. The molecule has 9 heteroatoms. The second kappa shape index (κ2) is 9.30. The molecule has 0 spiro atoms. The van der Waals surface area contributed by atoms with Crippen LogP contribution in [-0.2, 0) is 17.1 Å². The number of hydrogen-bond acceptors (Lipinski definition) is 6. The lowest BCUT2D eigenvalue weighted by Crippen LogP contribution is -2.21. The van der Waals surface area contributed by atoms with Gasteiger partial charge in [0, 0.05) is 24.8 Å².